The van der Waals surface area contributed by atoms with E-state index >= 15 is 4.79 Å². The maximum Gasteiger partial charge on any atom is 0.303 e. The molecular weight excluding hydrogens is 1100 g/mol. The van der Waals surface area contributed by atoms with Crippen molar-refractivity contribution in [2.24, 2.45) is 5.92 Å². The standard InChI is InChI=1S/C57H82O26/c1-21-34(79-40-19-37(53(26(6)75-40)77-28(8)59)82-38-16-33(61)52(70-11)25(5)74-38)15-31-13-30-14-32(54(71-12)51(68)46(63)22(2)58)55(50(67)44(30)49(66)43(31)45(21)62)83-41-18-35(47(64)24(4)73-41)80-39-17-36(48(65)23(3)72-39)81-42-20-57(10,69)56(27(7)76-42)78-29(9)60/h13,15,22-27,32-33,35-42,46-48,52-56,58,61-66,69H,14,16-20H2,1-12H3/t22-,23?,24?,25?,26?,27?,32-,33?,35?,36?,37?,38?,39?,40?,41?,42?,46?,47?,48?,52?,53?,54-,55-,56?,57?/m0/s1. The van der Waals surface area contributed by atoms with Crippen LogP contribution < -0.4 is 4.74 Å². The molecule has 5 heterocycles. The van der Waals surface area contributed by atoms with Crippen molar-refractivity contribution in [1.29, 1.82) is 0 Å². The van der Waals surface area contributed by atoms with Crippen molar-refractivity contribution >= 4 is 34.3 Å². The lowest BCUT2D eigenvalue weighted by Gasteiger charge is -2.46. The van der Waals surface area contributed by atoms with Crippen molar-refractivity contribution in [3.63, 3.8) is 0 Å². The molecule has 2 aromatic carbocycles. The lowest BCUT2D eigenvalue weighted by molar-refractivity contribution is -0.334. The van der Waals surface area contributed by atoms with Crippen molar-refractivity contribution in [2.75, 3.05) is 14.2 Å². The third kappa shape index (κ3) is 13.9. The van der Waals surface area contributed by atoms with Crippen molar-refractivity contribution in [2.45, 2.75) is 255 Å². The number of hydrogen-bond acceptors (Lipinski definition) is 26. The van der Waals surface area contributed by atoms with E-state index in [2.05, 4.69) is 0 Å². The minimum Gasteiger partial charge on any atom is -0.507 e. The van der Waals surface area contributed by atoms with Crippen molar-refractivity contribution in [3.8, 4) is 17.2 Å². The minimum atomic E-state index is -1.96. The SMILES string of the molecule is COC1C(O)CC(OC2CC(Oc3cc4cc5c(c(O)c4c(O)c3C)C(=O)[C@@H](OC3CC(OC4CC(OC6CC(C)(O)C(OC(C)=O)C(C)O6)C(O)C(C)O4)C(O)C(C)O3)[C@H]([C@H](OC)C(=O)C(O)[C@H](C)O)C5)OC(C)C2OC(C)=O)OC1C. The average molecular weight is 1180 g/mol. The van der Waals surface area contributed by atoms with E-state index in [1.807, 2.05) is 0 Å². The van der Waals surface area contributed by atoms with Gasteiger partial charge in [0.2, 0.25) is 6.29 Å². The zero-order chi connectivity index (χ0) is 60.8. The predicted molar refractivity (Wildman–Crippen MR) is 282 cm³/mol. The molecule has 0 amide bonds. The van der Waals surface area contributed by atoms with Gasteiger partial charge in [-0.05, 0) is 84.9 Å². The number of aromatic hydroxyl groups is 2. The lowest BCUT2D eigenvalue weighted by Crippen LogP contribution is -2.59. The number of Topliss-reactive ketones (excluding diaryl/α,β-unsaturated/α-hetero) is 2. The van der Waals surface area contributed by atoms with Crippen LogP contribution in [0.1, 0.15) is 116 Å². The number of aliphatic hydroxyl groups is 6. The van der Waals surface area contributed by atoms with Gasteiger partial charge in [-0.1, -0.05) is 0 Å². The number of methoxy groups -OCH3 is 2. The molecule has 0 saturated carbocycles. The maximum atomic E-state index is 15.1. The summed E-state index contributed by atoms with van der Waals surface area (Å²) in [6, 6.07) is 3.04. The van der Waals surface area contributed by atoms with Gasteiger partial charge in [-0.3, -0.25) is 19.2 Å². The summed E-state index contributed by atoms with van der Waals surface area (Å²) in [5.41, 5.74) is -1.51. The molecule has 0 radical (unpaired) electrons. The first kappa shape index (κ1) is 64.7. The molecule has 8 rings (SSSR count). The van der Waals surface area contributed by atoms with E-state index in [0.29, 0.717) is 0 Å². The molecule has 83 heavy (non-hydrogen) atoms. The monoisotopic (exact) mass is 1180 g/mol. The molecule has 0 aromatic heterocycles. The number of benzene rings is 2. The van der Waals surface area contributed by atoms with Crippen LogP contribution in [-0.2, 0) is 82.4 Å². The second-order valence-corrected chi connectivity index (χ2v) is 23.1. The van der Waals surface area contributed by atoms with Crippen LogP contribution in [0.5, 0.6) is 17.2 Å². The number of phenols is 2. The summed E-state index contributed by atoms with van der Waals surface area (Å²) >= 11 is 0. The van der Waals surface area contributed by atoms with Crippen LogP contribution in [0.2, 0.25) is 0 Å². The zero-order valence-corrected chi connectivity index (χ0v) is 48.7. The number of carbonyl (C=O) groups is 4. The van der Waals surface area contributed by atoms with Gasteiger partial charge in [0, 0.05) is 71.7 Å². The molecule has 0 bridgehead atoms. The summed E-state index contributed by atoms with van der Waals surface area (Å²) in [5, 5.41) is 90.1. The highest BCUT2D eigenvalue weighted by Gasteiger charge is 2.52. The molecule has 6 aliphatic rings. The van der Waals surface area contributed by atoms with E-state index in [1.54, 1.807) is 27.7 Å². The number of aliphatic hydroxyl groups excluding tert-OH is 5. The molecular formula is C57H82O26. The van der Waals surface area contributed by atoms with Gasteiger partial charge in [-0.15, -0.1) is 0 Å². The molecule has 0 spiro atoms. The molecule has 26 nitrogen and oxygen atoms in total. The highest BCUT2D eigenvalue weighted by atomic mass is 16.7. The number of phenolic OH excluding ortho intramolecular Hbond substituents is 2. The van der Waals surface area contributed by atoms with Crippen molar-refractivity contribution in [1.82, 2.24) is 0 Å². The highest BCUT2D eigenvalue weighted by molar-refractivity contribution is 6.11. The van der Waals surface area contributed by atoms with Crippen LogP contribution in [0.15, 0.2) is 12.1 Å². The van der Waals surface area contributed by atoms with Crippen LogP contribution in [0.3, 0.4) is 0 Å². The summed E-state index contributed by atoms with van der Waals surface area (Å²) in [6.45, 7) is 14.8. The Balaban J connectivity index is 1.04. The van der Waals surface area contributed by atoms with Gasteiger partial charge in [0.05, 0.1) is 65.9 Å². The summed E-state index contributed by atoms with van der Waals surface area (Å²) in [7, 11) is 2.64. The fraction of sp³-hybridized carbons (Fsp3) is 0.754. The highest BCUT2D eigenvalue weighted by Crippen LogP contribution is 2.48. The van der Waals surface area contributed by atoms with Crippen molar-refractivity contribution in [3.05, 3.63) is 28.8 Å². The van der Waals surface area contributed by atoms with Gasteiger partial charge in [-0.25, -0.2) is 0 Å². The van der Waals surface area contributed by atoms with Crippen LogP contribution >= 0.6 is 0 Å². The van der Waals surface area contributed by atoms with Gasteiger partial charge in [0.25, 0.3) is 0 Å². The fourth-order valence-electron chi connectivity index (χ4n) is 12.4. The number of ketones is 2. The van der Waals surface area contributed by atoms with E-state index < -0.39 is 188 Å². The van der Waals surface area contributed by atoms with Crippen LogP contribution in [-0.4, -0.2) is 225 Å². The lowest BCUT2D eigenvalue weighted by atomic mass is 9.75. The summed E-state index contributed by atoms with van der Waals surface area (Å²) in [6.07, 6.45) is -25.9. The number of ether oxygens (including phenoxy) is 14. The third-order valence-electron chi connectivity index (χ3n) is 16.6. The molecule has 1 aliphatic carbocycles. The fourth-order valence-corrected chi connectivity index (χ4v) is 12.4. The van der Waals surface area contributed by atoms with E-state index in [-0.39, 0.29) is 71.7 Å². The first-order valence-corrected chi connectivity index (χ1v) is 28.2. The first-order valence-electron chi connectivity index (χ1n) is 28.2. The molecule has 8 N–H and O–H groups in total. The number of hydrogen-bond donors (Lipinski definition) is 8. The van der Waals surface area contributed by atoms with Gasteiger partial charge in [-0.2, -0.15) is 0 Å². The Bertz CT molecular complexity index is 2620. The predicted octanol–water partition coefficient (Wildman–Crippen LogP) is 1.55. The molecule has 26 heteroatoms. The van der Waals surface area contributed by atoms with Crippen LogP contribution in [0.4, 0.5) is 0 Å². The Morgan fingerprint density at radius 1 is 0.687 bits per heavy atom. The van der Waals surface area contributed by atoms with Crippen molar-refractivity contribution < 1.29 is 126 Å². The molecule has 5 saturated heterocycles. The molecule has 5 aliphatic heterocycles. The Hall–Kier alpha value is -4.30. The van der Waals surface area contributed by atoms with Gasteiger partial charge in [0.15, 0.2) is 48.9 Å². The van der Waals surface area contributed by atoms with Crippen LogP contribution in [0.25, 0.3) is 10.8 Å². The third-order valence-corrected chi connectivity index (χ3v) is 16.6. The Morgan fingerprint density at radius 3 is 1.78 bits per heavy atom. The number of esters is 2. The maximum absolute atomic E-state index is 15.1. The summed E-state index contributed by atoms with van der Waals surface area (Å²) in [4.78, 5) is 53.2. The Labute approximate surface area is 480 Å². The largest absolute Gasteiger partial charge is 0.507 e. The second kappa shape index (κ2) is 26.4. The smallest absolute Gasteiger partial charge is 0.303 e. The minimum absolute atomic E-state index is 0.0251. The van der Waals surface area contributed by atoms with E-state index in [1.165, 1.54) is 67.9 Å². The molecule has 21 unspecified atom stereocenters. The number of fused-ring (bicyclic) bond motifs is 2. The van der Waals surface area contributed by atoms with Gasteiger partial charge < -0.3 is 107 Å². The topological polar surface area (TPSA) is 359 Å². The van der Waals surface area contributed by atoms with Crippen LogP contribution in [0, 0.1) is 12.8 Å². The zero-order valence-electron chi connectivity index (χ0n) is 48.7. The van der Waals surface area contributed by atoms with E-state index in [4.69, 9.17) is 66.3 Å². The molecule has 2 aromatic rings. The normalized spacial score (nSPS) is 39.7. The van der Waals surface area contributed by atoms with Gasteiger partial charge >= 0.3 is 11.9 Å². The molecule has 5 fully saturated rings. The van der Waals surface area contributed by atoms with Gasteiger partial charge in [0.1, 0.15) is 65.6 Å². The number of rotatable bonds is 18. The molecule has 466 valence electrons. The summed E-state index contributed by atoms with van der Waals surface area (Å²) in [5.74, 6) is -5.32. The van der Waals surface area contributed by atoms with E-state index in [0.717, 1.165) is 0 Å². The quantitative estimate of drug-likeness (QED) is 0.0982. The van der Waals surface area contributed by atoms with E-state index in [9.17, 15) is 55.2 Å². The first-order chi connectivity index (χ1) is 39.0. The Morgan fingerprint density at radius 2 is 1.22 bits per heavy atom. The molecule has 25 atom stereocenters. The number of carbonyl (C=O) groups excluding carboxylic acids is 4. The summed E-state index contributed by atoms with van der Waals surface area (Å²) < 4.78 is 84.2. The average Bonchev–Trinajstić information content (AvgIpc) is 3.47. The second-order valence-electron chi connectivity index (χ2n) is 23.1. The Kier molecular flexibility index (Phi) is 20.5.